The molecule has 2 aromatic heterocycles. The summed E-state index contributed by atoms with van der Waals surface area (Å²) in [7, 11) is -3.02. The first-order valence-corrected chi connectivity index (χ1v) is 11.9. The van der Waals surface area contributed by atoms with E-state index >= 15 is 0 Å². The van der Waals surface area contributed by atoms with Gasteiger partial charge in [0.1, 0.15) is 0 Å². The summed E-state index contributed by atoms with van der Waals surface area (Å²) in [6.07, 6.45) is 3.15. The van der Waals surface area contributed by atoms with Crippen molar-refractivity contribution in [3.05, 3.63) is 106 Å². The van der Waals surface area contributed by atoms with Gasteiger partial charge in [-0.2, -0.15) is 4.31 Å². The molecule has 1 N–H and O–H groups in total. The maximum atomic E-state index is 13.8. The van der Waals surface area contributed by atoms with Crippen molar-refractivity contribution in [2.24, 2.45) is 0 Å². The van der Waals surface area contributed by atoms with Gasteiger partial charge in [-0.1, -0.05) is 36.4 Å². The number of benzene rings is 2. The van der Waals surface area contributed by atoms with Crippen LogP contribution >= 0.6 is 0 Å². The second kappa shape index (κ2) is 9.58. The van der Waals surface area contributed by atoms with Crippen molar-refractivity contribution in [2.45, 2.75) is 24.9 Å². The van der Waals surface area contributed by atoms with E-state index < -0.39 is 16.0 Å². The first-order valence-electron chi connectivity index (χ1n) is 10.5. The maximum Gasteiger partial charge on any atom is 0.339 e. The van der Waals surface area contributed by atoms with Crippen molar-refractivity contribution in [3.8, 4) is 0 Å². The molecule has 0 saturated carbocycles. The van der Waals surface area contributed by atoms with Crippen LogP contribution in [0.5, 0.6) is 0 Å². The highest BCUT2D eigenvalue weighted by Crippen LogP contribution is 2.25. The normalized spacial score (nSPS) is 11.6. The zero-order valence-corrected chi connectivity index (χ0v) is 19.5. The smallest absolute Gasteiger partial charge is 0.339 e. The van der Waals surface area contributed by atoms with Gasteiger partial charge in [0, 0.05) is 31.0 Å². The number of methoxy groups -OCH3 is 1. The number of hydrogen-bond acceptors (Lipinski definition) is 6. The summed E-state index contributed by atoms with van der Waals surface area (Å²) >= 11 is 0. The molecule has 8 nitrogen and oxygen atoms in total. The number of aryl methyl sites for hydroxylation is 1. The minimum atomic E-state index is -4.21. The second-order valence-corrected chi connectivity index (χ2v) is 9.69. The van der Waals surface area contributed by atoms with Gasteiger partial charge in [0.15, 0.2) is 0 Å². The molecule has 0 atom stereocenters. The van der Waals surface area contributed by atoms with Crippen LogP contribution in [-0.4, -0.2) is 35.8 Å². The van der Waals surface area contributed by atoms with Crippen LogP contribution in [0.4, 0.5) is 0 Å². The van der Waals surface area contributed by atoms with Gasteiger partial charge in [0.2, 0.25) is 10.0 Å². The Balaban J connectivity index is 1.83. The van der Waals surface area contributed by atoms with Crippen molar-refractivity contribution < 1.29 is 17.9 Å². The second-order valence-electron chi connectivity index (χ2n) is 7.78. The third kappa shape index (κ3) is 4.61. The number of nitrogens with one attached hydrogen (secondary N) is 1. The van der Waals surface area contributed by atoms with Crippen LogP contribution in [0.25, 0.3) is 10.9 Å². The molecule has 2 aromatic carbocycles. The van der Waals surface area contributed by atoms with Crippen molar-refractivity contribution in [1.82, 2.24) is 14.3 Å². The zero-order valence-electron chi connectivity index (χ0n) is 18.7. The molecule has 0 spiro atoms. The van der Waals surface area contributed by atoms with Crippen molar-refractivity contribution in [1.29, 1.82) is 0 Å². The summed E-state index contributed by atoms with van der Waals surface area (Å²) in [5, 5.41) is 0.795. The van der Waals surface area contributed by atoms with E-state index in [0.29, 0.717) is 11.1 Å². The number of ether oxygens (including phenoxy) is 1. The van der Waals surface area contributed by atoms with Gasteiger partial charge in [0.05, 0.1) is 23.1 Å². The van der Waals surface area contributed by atoms with Gasteiger partial charge in [-0.15, -0.1) is 0 Å². The molecular formula is C25H23N3O5S. The van der Waals surface area contributed by atoms with Crippen molar-refractivity contribution in [3.63, 3.8) is 0 Å². The Morgan fingerprint density at radius 3 is 2.59 bits per heavy atom. The van der Waals surface area contributed by atoms with Crippen LogP contribution in [0.3, 0.4) is 0 Å². The molecule has 0 unspecified atom stereocenters. The first kappa shape index (κ1) is 23.3. The third-order valence-electron chi connectivity index (χ3n) is 5.50. The average molecular weight is 478 g/mol. The molecule has 4 aromatic rings. The molecule has 0 aliphatic rings. The molecule has 4 rings (SSSR count). The number of sulfonamides is 1. The number of esters is 1. The number of H-pyrrole nitrogens is 1. The molecular weight excluding hydrogens is 454 g/mol. The fourth-order valence-corrected chi connectivity index (χ4v) is 5.35. The van der Waals surface area contributed by atoms with Gasteiger partial charge in [-0.3, -0.25) is 9.78 Å². The van der Waals surface area contributed by atoms with Crippen LogP contribution in [0.1, 0.15) is 27.0 Å². The highest BCUT2D eigenvalue weighted by atomic mass is 32.2. The van der Waals surface area contributed by atoms with E-state index in [1.807, 2.05) is 25.1 Å². The van der Waals surface area contributed by atoms with E-state index in [0.717, 1.165) is 15.3 Å². The van der Waals surface area contributed by atoms with E-state index in [4.69, 9.17) is 4.74 Å². The summed E-state index contributed by atoms with van der Waals surface area (Å²) in [5.41, 5.74) is 2.07. The lowest BCUT2D eigenvalue weighted by molar-refractivity contribution is 0.0596. The average Bonchev–Trinajstić information content (AvgIpc) is 2.85. The van der Waals surface area contributed by atoms with E-state index in [-0.39, 0.29) is 34.7 Å². The van der Waals surface area contributed by atoms with Gasteiger partial charge in [-0.25, -0.2) is 13.2 Å². The number of fused-ring (bicyclic) bond motifs is 1. The van der Waals surface area contributed by atoms with Gasteiger partial charge in [0.25, 0.3) is 5.56 Å². The molecule has 174 valence electrons. The maximum absolute atomic E-state index is 13.8. The molecule has 0 amide bonds. The molecule has 0 bridgehead atoms. The number of hydrogen-bond donors (Lipinski definition) is 1. The molecule has 0 saturated heterocycles. The lowest BCUT2D eigenvalue weighted by Crippen LogP contribution is -2.33. The number of aromatic amines is 1. The summed E-state index contributed by atoms with van der Waals surface area (Å²) < 4.78 is 33.5. The SMILES string of the molecule is COC(=O)c1ccccc1S(=O)(=O)N(Cc1cccnc1)Cc1cc2cccc(C)c2[nH]c1=O. The van der Waals surface area contributed by atoms with Gasteiger partial charge < -0.3 is 9.72 Å². The van der Waals surface area contributed by atoms with E-state index in [2.05, 4.69) is 9.97 Å². The Bertz CT molecular complexity index is 1510. The van der Waals surface area contributed by atoms with Crippen LogP contribution < -0.4 is 5.56 Å². The number of carbonyl (C=O) groups excluding carboxylic acids is 1. The van der Waals surface area contributed by atoms with Crippen molar-refractivity contribution in [2.75, 3.05) is 7.11 Å². The molecule has 0 radical (unpaired) electrons. The van der Waals surface area contributed by atoms with E-state index in [1.54, 1.807) is 36.7 Å². The highest BCUT2D eigenvalue weighted by molar-refractivity contribution is 7.89. The molecule has 9 heteroatoms. The Hall–Kier alpha value is -3.82. The first-order chi connectivity index (χ1) is 16.3. The Kier molecular flexibility index (Phi) is 6.58. The number of rotatable bonds is 7. The number of carbonyl (C=O) groups is 1. The van der Waals surface area contributed by atoms with E-state index in [1.165, 1.54) is 25.3 Å². The largest absolute Gasteiger partial charge is 0.465 e. The molecule has 0 aliphatic heterocycles. The summed E-state index contributed by atoms with van der Waals surface area (Å²) in [5.74, 6) is -0.764. The highest BCUT2D eigenvalue weighted by Gasteiger charge is 2.30. The Morgan fingerprint density at radius 2 is 1.85 bits per heavy atom. The van der Waals surface area contributed by atoms with Crippen LogP contribution in [-0.2, 0) is 27.8 Å². The predicted octanol–water partition coefficient (Wildman–Crippen LogP) is 3.41. The van der Waals surface area contributed by atoms with Crippen molar-refractivity contribution >= 4 is 26.9 Å². The predicted molar refractivity (Wildman–Crippen MR) is 128 cm³/mol. The number of nitrogens with zero attached hydrogens (tertiary/aromatic N) is 2. The Labute approximate surface area is 196 Å². The van der Waals surface area contributed by atoms with Gasteiger partial charge in [-0.05, 0) is 47.7 Å². The minimum absolute atomic E-state index is 0.0447. The number of para-hydroxylation sites is 1. The van der Waals surface area contributed by atoms with Crippen LogP contribution in [0.2, 0.25) is 0 Å². The molecule has 2 heterocycles. The molecule has 34 heavy (non-hydrogen) atoms. The zero-order chi connectivity index (χ0) is 24.3. The summed E-state index contributed by atoms with van der Waals surface area (Å²) in [6, 6.07) is 16.6. The number of pyridine rings is 2. The monoisotopic (exact) mass is 477 g/mol. The number of aromatic nitrogens is 2. The quantitative estimate of drug-likeness (QED) is 0.409. The molecule has 0 fully saturated rings. The standard InChI is InChI=1S/C25H23N3O5S/c1-17-7-5-9-19-13-20(24(29)27-23(17)19)16-28(15-18-8-6-12-26-14-18)34(31,32)22-11-4-3-10-21(22)25(30)33-2/h3-14H,15-16H2,1-2H3,(H,27,29). The third-order valence-corrected chi connectivity index (χ3v) is 7.35. The molecule has 0 aliphatic carbocycles. The van der Waals surface area contributed by atoms with Crippen LogP contribution in [0, 0.1) is 6.92 Å². The minimum Gasteiger partial charge on any atom is -0.465 e. The van der Waals surface area contributed by atoms with E-state index in [9.17, 15) is 18.0 Å². The van der Waals surface area contributed by atoms with Gasteiger partial charge >= 0.3 is 5.97 Å². The fraction of sp³-hybridized carbons (Fsp3) is 0.160. The lowest BCUT2D eigenvalue weighted by atomic mass is 10.1. The fourth-order valence-electron chi connectivity index (χ4n) is 3.77. The summed E-state index contributed by atoms with van der Waals surface area (Å²) in [4.78, 5) is 31.9. The lowest BCUT2D eigenvalue weighted by Gasteiger charge is -2.23. The Morgan fingerprint density at radius 1 is 1.06 bits per heavy atom. The summed E-state index contributed by atoms with van der Waals surface area (Å²) in [6.45, 7) is 1.64. The van der Waals surface area contributed by atoms with Crippen LogP contribution in [0.15, 0.2) is 82.7 Å². The topological polar surface area (TPSA) is 109 Å².